The van der Waals surface area contributed by atoms with Crippen LogP contribution in [0.5, 0.6) is 11.5 Å². The van der Waals surface area contributed by atoms with Crippen molar-refractivity contribution in [3.05, 3.63) is 59.2 Å². The molecule has 2 aromatic rings. The molecule has 0 spiro atoms. The topological polar surface area (TPSA) is 76.1 Å². The van der Waals surface area contributed by atoms with E-state index in [0.717, 1.165) is 28.9 Å². The van der Waals surface area contributed by atoms with Crippen LogP contribution in [-0.2, 0) is 29.0 Å². The van der Waals surface area contributed by atoms with Crippen molar-refractivity contribution >= 4 is 11.9 Å². The minimum absolute atomic E-state index is 0.0371. The fourth-order valence-corrected chi connectivity index (χ4v) is 2.86. The Labute approximate surface area is 152 Å². The van der Waals surface area contributed by atoms with E-state index in [4.69, 9.17) is 14.6 Å². The number of likely N-dealkylation sites (N-methyl/N-ethyl adjacent to an activating group) is 1. The monoisotopic (exact) mass is 355 g/mol. The minimum Gasteiger partial charge on any atom is -0.493 e. The molecule has 1 aliphatic rings. The number of rotatable bonds is 7. The molecule has 1 amide bonds. The van der Waals surface area contributed by atoms with E-state index in [1.165, 1.54) is 0 Å². The Bertz CT molecular complexity index is 800. The van der Waals surface area contributed by atoms with E-state index in [2.05, 4.69) is 0 Å². The van der Waals surface area contributed by atoms with Crippen molar-refractivity contribution in [3.8, 4) is 11.5 Å². The number of hydrogen-bond donors (Lipinski definition) is 1. The molecule has 6 nitrogen and oxygen atoms in total. The third kappa shape index (κ3) is 4.53. The first kappa shape index (κ1) is 17.8. The predicted molar refractivity (Wildman–Crippen MR) is 95.4 cm³/mol. The molecule has 0 unspecified atom stereocenters. The summed E-state index contributed by atoms with van der Waals surface area (Å²) in [5.74, 6) is 0.429. The van der Waals surface area contributed by atoms with E-state index in [1.54, 1.807) is 24.1 Å². The molecule has 1 N–H and O–H groups in total. The smallest absolute Gasteiger partial charge is 0.341 e. The quantitative estimate of drug-likeness (QED) is 0.825. The Morgan fingerprint density at radius 2 is 1.88 bits per heavy atom. The molecule has 0 radical (unpaired) electrons. The number of carboxylic acid groups (broad SMARTS) is 1. The highest BCUT2D eigenvalue weighted by Gasteiger charge is 2.15. The molecular weight excluding hydrogens is 334 g/mol. The van der Waals surface area contributed by atoms with Gasteiger partial charge in [-0.15, -0.1) is 0 Å². The van der Waals surface area contributed by atoms with E-state index in [1.807, 2.05) is 30.3 Å². The average Bonchev–Trinajstić information content (AvgIpc) is 3.08. The first-order chi connectivity index (χ1) is 12.5. The van der Waals surface area contributed by atoms with Crippen molar-refractivity contribution < 1.29 is 24.2 Å². The highest BCUT2D eigenvalue weighted by atomic mass is 16.5. The lowest BCUT2D eigenvalue weighted by Gasteiger charge is -2.18. The molecule has 136 valence electrons. The molecule has 3 rings (SSSR count). The van der Waals surface area contributed by atoms with Gasteiger partial charge < -0.3 is 19.5 Å². The van der Waals surface area contributed by atoms with Crippen LogP contribution in [0.4, 0.5) is 0 Å². The van der Waals surface area contributed by atoms with Crippen molar-refractivity contribution in [3.63, 3.8) is 0 Å². The van der Waals surface area contributed by atoms with E-state index in [9.17, 15) is 9.59 Å². The van der Waals surface area contributed by atoms with Gasteiger partial charge in [0.05, 0.1) is 13.0 Å². The van der Waals surface area contributed by atoms with E-state index in [-0.39, 0.29) is 12.5 Å². The van der Waals surface area contributed by atoms with Gasteiger partial charge in [0.2, 0.25) is 5.91 Å². The number of nitrogens with zero attached hydrogens (tertiary/aromatic N) is 1. The average molecular weight is 355 g/mol. The van der Waals surface area contributed by atoms with Crippen molar-refractivity contribution in [2.24, 2.45) is 0 Å². The van der Waals surface area contributed by atoms with Gasteiger partial charge in [-0.1, -0.05) is 24.3 Å². The number of carbonyl (C=O) groups is 2. The second-order valence-electron chi connectivity index (χ2n) is 6.29. The fourth-order valence-electron chi connectivity index (χ4n) is 2.86. The molecule has 0 aliphatic carbocycles. The zero-order valence-electron chi connectivity index (χ0n) is 14.6. The van der Waals surface area contributed by atoms with Gasteiger partial charge in [-0.05, 0) is 34.9 Å². The Morgan fingerprint density at radius 1 is 1.15 bits per heavy atom. The number of fused-ring (bicyclic) bond motifs is 1. The summed E-state index contributed by atoms with van der Waals surface area (Å²) in [7, 11) is 1.77. The number of hydrogen-bond acceptors (Lipinski definition) is 4. The first-order valence-electron chi connectivity index (χ1n) is 8.43. The molecule has 0 atom stereocenters. The molecule has 0 bridgehead atoms. The summed E-state index contributed by atoms with van der Waals surface area (Å²) in [6.07, 6.45) is 1.24. The van der Waals surface area contributed by atoms with Gasteiger partial charge in [0.25, 0.3) is 0 Å². The van der Waals surface area contributed by atoms with Crippen LogP contribution in [0.25, 0.3) is 0 Å². The molecule has 0 fully saturated rings. The molecular formula is C20H21NO5. The Kier molecular flexibility index (Phi) is 5.41. The van der Waals surface area contributed by atoms with Crippen LogP contribution >= 0.6 is 0 Å². The summed E-state index contributed by atoms with van der Waals surface area (Å²) in [5, 5.41) is 8.61. The van der Waals surface area contributed by atoms with Crippen LogP contribution in [0.2, 0.25) is 0 Å². The van der Waals surface area contributed by atoms with E-state index in [0.29, 0.717) is 25.3 Å². The van der Waals surface area contributed by atoms with Crippen LogP contribution in [0.3, 0.4) is 0 Å². The fraction of sp³-hybridized carbons (Fsp3) is 0.300. The summed E-state index contributed by atoms with van der Waals surface area (Å²) in [4.78, 5) is 24.6. The molecule has 0 aromatic heterocycles. The van der Waals surface area contributed by atoms with Gasteiger partial charge in [-0.25, -0.2) is 4.79 Å². The Morgan fingerprint density at radius 3 is 2.62 bits per heavy atom. The summed E-state index contributed by atoms with van der Waals surface area (Å²) in [5.41, 5.74) is 3.10. The van der Waals surface area contributed by atoms with E-state index >= 15 is 0 Å². The third-order valence-electron chi connectivity index (χ3n) is 4.24. The largest absolute Gasteiger partial charge is 0.493 e. The van der Waals surface area contributed by atoms with Crippen LogP contribution in [0, 0.1) is 0 Å². The highest BCUT2D eigenvalue weighted by molar-refractivity contribution is 5.78. The van der Waals surface area contributed by atoms with Crippen molar-refractivity contribution in [1.82, 2.24) is 4.90 Å². The number of aliphatic carboxylic acids is 1. The Balaban J connectivity index is 1.54. The maximum absolute atomic E-state index is 12.5. The maximum Gasteiger partial charge on any atom is 0.341 e. The third-order valence-corrected chi connectivity index (χ3v) is 4.24. The van der Waals surface area contributed by atoms with Gasteiger partial charge in [0.1, 0.15) is 11.5 Å². The molecule has 26 heavy (non-hydrogen) atoms. The summed E-state index contributed by atoms with van der Waals surface area (Å²) in [6.45, 7) is 0.814. The SMILES string of the molecule is CN(Cc1ccc(OCC(=O)O)cc1)C(=O)Cc1ccc2c(c1)CCO2. The highest BCUT2D eigenvalue weighted by Crippen LogP contribution is 2.26. The van der Waals surface area contributed by atoms with Crippen molar-refractivity contribution in [2.45, 2.75) is 19.4 Å². The Hall–Kier alpha value is -3.02. The maximum atomic E-state index is 12.5. The number of carboxylic acids is 1. The number of ether oxygens (including phenoxy) is 2. The minimum atomic E-state index is -1.02. The van der Waals surface area contributed by atoms with Crippen molar-refractivity contribution in [1.29, 1.82) is 0 Å². The van der Waals surface area contributed by atoms with E-state index < -0.39 is 5.97 Å². The lowest BCUT2D eigenvalue weighted by molar-refractivity contribution is -0.139. The molecule has 0 saturated carbocycles. The van der Waals surface area contributed by atoms with Gasteiger partial charge in [0.15, 0.2) is 6.61 Å². The summed E-state index contributed by atoms with van der Waals surface area (Å²) < 4.78 is 10.6. The van der Waals surface area contributed by atoms with Crippen molar-refractivity contribution in [2.75, 3.05) is 20.3 Å². The second-order valence-corrected chi connectivity index (χ2v) is 6.29. The van der Waals surface area contributed by atoms with Gasteiger partial charge in [-0.3, -0.25) is 4.79 Å². The standard InChI is InChI=1S/C20H21NO5/c1-21(12-14-2-5-17(6-3-14)26-13-20(23)24)19(22)11-15-4-7-18-16(10-15)8-9-25-18/h2-7,10H,8-9,11-13H2,1H3,(H,23,24). The second kappa shape index (κ2) is 7.91. The number of benzene rings is 2. The van der Waals surface area contributed by atoms with Crippen LogP contribution < -0.4 is 9.47 Å². The molecule has 1 aliphatic heterocycles. The predicted octanol–water partition coefficient (Wildman–Crippen LogP) is 2.29. The number of carbonyl (C=O) groups excluding carboxylic acids is 1. The molecule has 1 heterocycles. The molecule has 2 aromatic carbocycles. The van der Waals surface area contributed by atoms with Crippen LogP contribution in [-0.4, -0.2) is 42.1 Å². The first-order valence-corrected chi connectivity index (χ1v) is 8.43. The summed E-state index contributed by atoms with van der Waals surface area (Å²) >= 11 is 0. The lowest BCUT2D eigenvalue weighted by atomic mass is 10.1. The molecule has 0 saturated heterocycles. The van der Waals surface area contributed by atoms with Gasteiger partial charge in [-0.2, -0.15) is 0 Å². The molecule has 6 heteroatoms. The zero-order chi connectivity index (χ0) is 18.5. The number of amides is 1. The normalized spacial score (nSPS) is 12.2. The van der Waals surface area contributed by atoms with Gasteiger partial charge in [0, 0.05) is 20.0 Å². The zero-order valence-corrected chi connectivity index (χ0v) is 14.6. The van der Waals surface area contributed by atoms with Crippen LogP contribution in [0.15, 0.2) is 42.5 Å². The van der Waals surface area contributed by atoms with Gasteiger partial charge >= 0.3 is 5.97 Å². The summed E-state index contributed by atoms with van der Waals surface area (Å²) in [6, 6.07) is 13.0. The lowest BCUT2D eigenvalue weighted by Crippen LogP contribution is -2.27. The van der Waals surface area contributed by atoms with Crippen LogP contribution in [0.1, 0.15) is 16.7 Å².